The predicted molar refractivity (Wildman–Crippen MR) is 93.4 cm³/mol. The molecule has 1 N–H and O–H groups in total. The number of hydrogen-bond acceptors (Lipinski definition) is 1. The maximum atomic E-state index is 6.13. The molecule has 0 aromatic heterocycles. The Morgan fingerprint density at radius 3 is 2.18 bits per heavy atom. The normalized spacial score (nSPS) is 37.5. The van der Waals surface area contributed by atoms with Crippen LogP contribution in [0.1, 0.15) is 51.0 Å². The summed E-state index contributed by atoms with van der Waals surface area (Å²) in [5.41, 5.74) is 1.79. The van der Waals surface area contributed by atoms with Crippen molar-refractivity contribution in [1.29, 1.82) is 0 Å². The summed E-state index contributed by atoms with van der Waals surface area (Å²) in [4.78, 5) is 0. The number of halogens is 2. The highest BCUT2D eigenvalue weighted by atomic mass is 35.5. The Hall–Kier alpha value is -0.240. The third-order valence-electron chi connectivity index (χ3n) is 6.60. The van der Waals surface area contributed by atoms with Crippen molar-refractivity contribution >= 4 is 23.2 Å². The molecular formula is C19H25Cl2N. The molecule has 0 saturated heterocycles. The number of nitrogens with one attached hydrogen (secondary N) is 1. The Labute approximate surface area is 143 Å². The molecule has 4 bridgehead atoms. The second-order valence-electron chi connectivity index (χ2n) is 8.13. The lowest BCUT2D eigenvalue weighted by Gasteiger charge is -2.59. The van der Waals surface area contributed by atoms with E-state index in [0.717, 1.165) is 24.3 Å². The van der Waals surface area contributed by atoms with Crippen LogP contribution in [-0.2, 0) is 6.54 Å². The minimum atomic E-state index is 0.560. The summed E-state index contributed by atoms with van der Waals surface area (Å²) in [7, 11) is 0. The summed E-state index contributed by atoms with van der Waals surface area (Å²) in [5, 5.41) is 5.10. The van der Waals surface area contributed by atoms with E-state index in [0.29, 0.717) is 21.5 Å². The van der Waals surface area contributed by atoms with Gasteiger partial charge in [-0.15, -0.1) is 0 Å². The monoisotopic (exact) mass is 337 g/mol. The fraction of sp³-hybridized carbons (Fsp3) is 0.684. The topological polar surface area (TPSA) is 12.0 Å². The van der Waals surface area contributed by atoms with Crippen LogP contribution < -0.4 is 5.32 Å². The third-order valence-corrected chi connectivity index (χ3v) is 7.34. The average Bonchev–Trinajstić information content (AvgIpc) is 2.46. The van der Waals surface area contributed by atoms with Gasteiger partial charge in [0, 0.05) is 12.6 Å². The summed E-state index contributed by atoms with van der Waals surface area (Å²) >= 11 is 12.1. The van der Waals surface area contributed by atoms with E-state index in [4.69, 9.17) is 23.2 Å². The van der Waals surface area contributed by atoms with E-state index in [2.05, 4.69) is 18.3 Å². The number of hydrogen-bond donors (Lipinski definition) is 1. The van der Waals surface area contributed by atoms with Crippen LogP contribution >= 0.6 is 23.2 Å². The molecule has 1 aromatic rings. The molecule has 4 saturated carbocycles. The van der Waals surface area contributed by atoms with Crippen molar-refractivity contribution < 1.29 is 0 Å². The Bertz CT molecular complexity index is 533. The van der Waals surface area contributed by atoms with Gasteiger partial charge in [0.15, 0.2) is 0 Å². The van der Waals surface area contributed by atoms with Gasteiger partial charge in [0.1, 0.15) is 0 Å². The lowest BCUT2D eigenvalue weighted by molar-refractivity contribution is -0.0706. The van der Waals surface area contributed by atoms with Gasteiger partial charge in [0.2, 0.25) is 0 Å². The SMILES string of the molecule is C[C@@H](NCc1ccc(Cl)c(Cl)c1)C12CC3CC(CC(C3)C1)C2. The Balaban J connectivity index is 1.43. The summed E-state index contributed by atoms with van der Waals surface area (Å²) in [5.74, 6) is 3.04. The van der Waals surface area contributed by atoms with Crippen LogP contribution in [0.3, 0.4) is 0 Å². The minimum absolute atomic E-state index is 0.560. The molecular weight excluding hydrogens is 313 g/mol. The van der Waals surface area contributed by atoms with E-state index >= 15 is 0 Å². The van der Waals surface area contributed by atoms with Crippen molar-refractivity contribution in [3.8, 4) is 0 Å². The largest absolute Gasteiger partial charge is 0.310 e. The molecule has 1 aromatic carbocycles. The van der Waals surface area contributed by atoms with Crippen molar-refractivity contribution in [3.63, 3.8) is 0 Å². The second kappa shape index (κ2) is 5.69. The lowest BCUT2D eigenvalue weighted by atomic mass is 9.48. The van der Waals surface area contributed by atoms with Gasteiger partial charge >= 0.3 is 0 Å². The fourth-order valence-electron chi connectivity index (χ4n) is 5.85. The van der Waals surface area contributed by atoms with Crippen molar-refractivity contribution in [3.05, 3.63) is 33.8 Å². The number of benzene rings is 1. The molecule has 0 radical (unpaired) electrons. The molecule has 0 spiro atoms. The molecule has 120 valence electrons. The van der Waals surface area contributed by atoms with E-state index < -0.39 is 0 Å². The molecule has 0 heterocycles. The predicted octanol–water partition coefficient (Wildman–Crippen LogP) is 5.69. The second-order valence-corrected chi connectivity index (χ2v) is 8.95. The molecule has 1 nitrogen and oxygen atoms in total. The summed E-state index contributed by atoms with van der Waals surface area (Å²) in [6.45, 7) is 3.30. The average molecular weight is 338 g/mol. The molecule has 0 amide bonds. The molecule has 4 fully saturated rings. The molecule has 1 atom stereocenters. The lowest BCUT2D eigenvalue weighted by Crippen LogP contribution is -2.54. The smallest absolute Gasteiger partial charge is 0.0595 e. The molecule has 0 unspecified atom stereocenters. The third kappa shape index (κ3) is 2.70. The van der Waals surface area contributed by atoms with Gasteiger partial charge in [-0.1, -0.05) is 29.3 Å². The van der Waals surface area contributed by atoms with Gasteiger partial charge in [-0.25, -0.2) is 0 Å². The first-order valence-corrected chi connectivity index (χ1v) is 9.47. The highest BCUT2D eigenvalue weighted by Gasteiger charge is 2.52. The maximum Gasteiger partial charge on any atom is 0.0595 e. The highest BCUT2D eigenvalue weighted by Crippen LogP contribution is 2.61. The Morgan fingerprint density at radius 1 is 1.05 bits per heavy atom. The van der Waals surface area contributed by atoms with Gasteiger partial charge in [0.25, 0.3) is 0 Å². The molecule has 4 aliphatic rings. The van der Waals surface area contributed by atoms with E-state index in [-0.39, 0.29) is 0 Å². The zero-order chi connectivity index (χ0) is 15.3. The Kier molecular flexibility index (Phi) is 3.95. The molecule has 22 heavy (non-hydrogen) atoms. The van der Waals surface area contributed by atoms with Gasteiger partial charge < -0.3 is 5.32 Å². The zero-order valence-electron chi connectivity index (χ0n) is 13.2. The van der Waals surface area contributed by atoms with E-state index in [1.165, 1.54) is 44.1 Å². The maximum absolute atomic E-state index is 6.13. The molecule has 5 rings (SSSR count). The van der Waals surface area contributed by atoms with Crippen LogP contribution in [0.4, 0.5) is 0 Å². The van der Waals surface area contributed by atoms with E-state index in [1.807, 2.05) is 12.1 Å². The van der Waals surface area contributed by atoms with Crippen molar-refractivity contribution in [1.82, 2.24) is 5.32 Å². The first-order valence-electron chi connectivity index (χ1n) is 8.71. The fourth-order valence-corrected chi connectivity index (χ4v) is 6.17. The van der Waals surface area contributed by atoms with Crippen LogP contribution in [-0.4, -0.2) is 6.04 Å². The molecule has 4 aliphatic carbocycles. The van der Waals surface area contributed by atoms with Crippen LogP contribution in [0.5, 0.6) is 0 Å². The first-order chi connectivity index (χ1) is 10.5. The molecule has 3 heteroatoms. The zero-order valence-corrected chi connectivity index (χ0v) is 14.8. The van der Waals surface area contributed by atoms with E-state index in [9.17, 15) is 0 Å². The summed E-state index contributed by atoms with van der Waals surface area (Å²) < 4.78 is 0. The van der Waals surface area contributed by atoms with Gasteiger partial charge in [-0.2, -0.15) is 0 Å². The Morgan fingerprint density at radius 2 is 1.64 bits per heavy atom. The quantitative estimate of drug-likeness (QED) is 0.744. The van der Waals surface area contributed by atoms with Crippen LogP contribution in [0.15, 0.2) is 18.2 Å². The van der Waals surface area contributed by atoms with Crippen LogP contribution in [0, 0.1) is 23.2 Å². The minimum Gasteiger partial charge on any atom is -0.310 e. The van der Waals surface area contributed by atoms with Gasteiger partial charge in [-0.05, 0) is 86.3 Å². The van der Waals surface area contributed by atoms with Gasteiger partial charge in [-0.3, -0.25) is 0 Å². The van der Waals surface area contributed by atoms with Gasteiger partial charge in [0.05, 0.1) is 10.0 Å². The van der Waals surface area contributed by atoms with Crippen LogP contribution in [0.25, 0.3) is 0 Å². The number of rotatable bonds is 4. The standard InChI is InChI=1S/C19H25Cl2N/c1-12(22-11-13-2-3-17(20)18(21)7-13)19-8-14-4-15(9-19)6-16(5-14)10-19/h2-3,7,12,14-16,22H,4-6,8-11H2,1H3/t12-,14?,15?,16?,19?/m1/s1. The first kappa shape index (κ1) is 15.3. The van der Waals surface area contributed by atoms with Crippen molar-refractivity contribution in [2.75, 3.05) is 0 Å². The van der Waals surface area contributed by atoms with Crippen molar-refractivity contribution in [2.45, 2.75) is 58.0 Å². The van der Waals surface area contributed by atoms with Crippen molar-refractivity contribution in [2.24, 2.45) is 23.2 Å². The highest BCUT2D eigenvalue weighted by molar-refractivity contribution is 6.42. The molecule has 0 aliphatic heterocycles. The van der Waals surface area contributed by atoms with Crippen LogP contribution in [0.2, 0.25) is 10.0 Å². The van der Waals surface area contributed by atoms with E-state index in [1.54, 1.807) is 0 Å². The summed E-state index contributed by atoms with van der Waals surface area (Å²) in [6.07, 6.45) is 8.90. The summed E-state index contributed by atoms with van der Waals surface area (Å²) in [6, 6.07) is 6.56.